The quantitative estimate of drug-likeness (QED) is 0.827. The van der Waals surface area contributed by atoms with E-state index in [-0.39, 0.29) is 24.4 Å². The number of aromatic nitrogens is 2. The lowest BCUT2D eigenvalue weighted by atomic mass is 10.0. The zero-order chi connectivity index (χ0) is 17.6. The minimum absolute atomic E-state index is 0. The summed E-state index contributed by atoms with van der Waals surface area (Å²) in [6.07, 6.45) is 3.98. The summed E-state index contributed by atoms with van der Waals surface area (Å²) in [5.41, 5.74) is 6.63. The van der Waals surface area contributed by atoms with Crippen LogP contribution in [0.25, 0.3) is 11.4 Å². The van der Waals surface area contributed by atoms with E-state index in [2.05, 4.69) is 10.1 Å². The summed E-state index contributed by atoms with van der Waals surface area (Å²) in [7, 11) is 1.62. The Labute approximate surface area is 159 Å². The van der Waals surface area contributed by atoms with Crippen molar-refractivity contribution in [3.63, 3.8) is 0 Å². The number of carbonyl (C=O) groups is 1. The van der Waals surface area contributed by atoms with Gasteiger partial charge in [-0.1, -0.05) is 5.16 Å². The number of piperidine rings is 1. The predicted octanol–water partition coefficient (Wildman–Crippen LogP) is 2.44. The fourth-order valence-electron chi connectivity index (χ4n) is 3.15. The minimum Gasteiger partial charge on any atom is -0.497 e. The first kappa shape index (κ1) is 20.2. The van der Waals surface area contributed by atoms with E-state index in [0.717, 1.165) is 37.1 Å². The Kier molecular flexibility index (Phi) is 7.41. The van der Waals surface area contributed by atoms with Gasteiger partial charge in [0.1, 0.15) is 5.75 Å². The van der Waals surface area contributed by atoms with E-state index in [1.807, 2.05) is 29.2 Å². The maximum absolute atomic E-state index is 12.5. The molecule has 0 saturated carbocycles. The zero-order valence-corrected chi connectivity index (χ0v) is 15.7. The van der Waals surface area contributed by atoms with Gasteiger partial charge >= 0.3 is 0 Å². The Bertz CT molecular complexity index is 705. The molecule has 1 saturated heterocycles. The number of nitrogens with two attached hydrogens (primary N) is 1. The molecular weight excluding hydrogens is 356 g/mol. The third-order valence-corrected chi connectivity index (χ3v) is 4.59. The topological polar surface area (TPSA) is 94.5 Å². The van der Waals surface area contributed by atoms with E-state index in [4.69, 9.17) is 15.0 Å². The van der Waals surface area contributed by atoms with Crippen molar-refractivity contribution in [1.82, 2.24) is 15.0 Å². The molecule has 2 N–H and O–H groups in total. The van der Waals surface area contributed by atoms with Crippen LogP contribution in [0.4, 0.5) is 0 Å². The number of hydrogen-bond acceptors (Lipinski definition) is 6. The van der Waals surface area contributed by atoms with Gasteiger partial charge in [-0.05, 0) is 43.5 Å². The number of nitrogens with zero attached hydrogens (tertiary/aromatic N) is 3. The third-order valence-electron chi connectivity index (χ3n) is 4.59. The van der Waals surface area contributed by atoms with Gasteiger partial charge in [0.15, 0.2) is 0 Å². The van der Waals surface area contributed by atoms with Crippen molar-refractivity contribution in [3.05, 3.63) is 30.2 Å². The maximum atomic E-state index is 12.5. The molecule has 1 unspecified atom stereocenters. The van der Waals surface area contributed by atoms with E-state index >= 15 is 0 Å². The van der Waals surface area contributed by atoms with Gasteiger partial charge in [-0.15, -0.1) is 12.4 Å². The molecule has 1 fully saturated rings. The summed E-state index contributed by atoms with van der Waals surface area (Å²) < 4.78 is 10.4. The fourth-order valence-corrected chi connectivity index (χ4v) is 3.15. The van der Waals surface area contributed by atoms with Gasteiger partial charge in [0.25, 0.3) is 0 Å². The zero-order valence-electron chi connectivity index (χ0n) is 14.9. The van der Waals surface area contributed by atoms with Gasteiger partial charge in [-0.2, -0.15) is 4.98 Å². The number of carbonyl (C=O) groups excluding carboxylic acids is 1. The lowest BCUT2D eigenvalue weighted by Crippen LogP contribution is -2.47. The molecular formula is C18H25ClN4O3. The highest BCUT2D eigenvalue weighted by molar-refractivity contribution is 5.85. The van der Waals surface area contributed by atoms with Crippen LogP contribution in [0, 0.1) is 0 Å². The van der Waals surface area contributed by atoms with E-state index in [1.165, 1.54) is 0 Å². The van der Waals surface area contributed by atoms with Gasteiger partial charge < -0.3 is 19.9 Å². The van der Waals surface area contributed by atoms with Crippen LogP contribution in [0.5, 0.6) is 5.75 Å². The molecule has 0 spiro atoms. The van der Waals surface area contributed by atoms with Crippen molar-refractivity contribution in [2.24, 2.45) is 5.73 Å². The minimum atomic E-state index is 0. The van der Waals surface area contributed by atoms with Gasteiger partial charge in [-0.3, -0.25) is 4.79 Å². The molecule has 0 aliphatic carbocycles. The molecule has 7 nitrogen and oxygen atoms in total. The second kappa shape index (κ2) is 9.54. The Morgan fingerprint density at radius 1 is 1.35 bits per heavy atom. The largest absolute Gasteiger partial charge is 0.497 e. The molecule has 1 aromatic heterocycles. The molecule has 0 radical (unpaired) electrons. The number of hydrogen-bond donors (Lipinski definition) is 1. The monoisotopic (exact) mass is 380 g/mol. The number of benzene rings is 1. The van der Waals surface area contributed by atoms with Crippen LogP contribution in [0.3, 0.4) is 0 Å². The number of aryl methyl sites for hydroxylation is 1. The van der Waals surface area contributed by atoms with Crippen LogP contribution in [0.1, 0.15) is 31.6 Å². The standard InChI is InChI=1S/C18H24N4O3.ClH/c1-24-15-7-5-13(6-8-15)18-20-16(25-21-18)9-10-17(23)22-11-3-2-4-14(22)12-19;/h5-8,14H,2-4,9-12,19H2,1H3;1H. The fraction of sp³-hybridized carbons (Fsp3) is 0.500. The van der Waals surface area contributed by atoms with E-state index < -0.39 is 0 Å². The average molecular weight is 381 g/mol. The van der Waals surface area contributed by atoms with Crippen molar-refractivity contribution in [1.29, 1.82) is 0 Å². The van der Waals surface area contributed by atoms with Crippen molar-refractivity contribution < 1.29 is 14.1 Å². The smallest absolute Gasteiger partial charge is 0.227 e. The van der Waals surface area contributed by atoms with Crippen LogP contribution in [-0.4, -0.2) is 47.2 Å². The van der Waals surface area contributed by atoms with Gasteiger partial charge in [0.2, 0.25) is 17.6 Å². The first-order chi connectivity index (χ1) is 12.2. The lowest BCUT2D eigenvalue weighted by molar-refractivity contribution is -0.134. The molecule has 1 aromatic carbocycles. The summed E-state index contributed by atoms with van der Waals surface area (Å²) in [5.74, 6) is 1.87. The Hall–Kier alpha value is -2.12. The summed E-state index contributed by atoms with van der Waals surface area (Å²) in [6, 6.07) is 7.60. The highest BCUT2D eigenvalue weighted by Crippen LogP contribution is 2.21. The molecule has 8 heteroatoms. The highest BCUT2D eigenvalue weighted by atomic mass is 35.5. The second-order valence-electron chi connectivity index (χ2n) is 6.21. The van der Waals surface area contributed by atoms with Crippen LogP contribution in [0.2, 0.25) is 0 Å². The molecule has 3 rings (SSSR count). The normalized spacial score (nSPS) is 16.8. The van der Waals surface area contributed by atoms with Gasteiger partial charge in [0, 0.05) is 37.5 Å². The highest BCUT2D eigenvalue weighted by Gasteiger charge is 2.25. The molecule has 142 valence electrons. The molecule has 2 heterocycles. The summed E-state index contributed by atoms with van der Waals surface area (Å²) in [5, 5.41) is 3.99. The summed E-state index contributed by atoms with van der Waals surface area (Å²) in [6.45, 7) is 1.32. The van der Waals surface area contributed by atoms with Gasteiger partial charge in [0.05, 0.1) is 7.11 Å². The molecule has 1 atom stereocenters. The number of rotatable bonds is 6. The molecule has 2 aromatic rings. The van der Waals surface area contributed by atoms with Crippen LogP contribution in [-0.2, 0) is 11.2 Å². The number of methoxy groups -OCH3 is 1. The van der Waals surface area contributed by atoms with Gasteiger partial charge in [-0.25, -0.2) is 0 Å². The van der Waals surface area contributed by atoms with Crippen molar-refractivity contribution in [2.45, 2.75) is 38.1 Å². The van der Waals surface area contributed by atoms with Crippen LogP contribution in [0.15, 0.2) is 28.8 Å². The second-order valence-corrected chi connectivity index (χ2v) is 6.21. The summed E-state index contributed by atoms with van der Waals surface area (Å²) >= 11 is 0. The van der Waals surface area contributed by atoms with Crippen LogP contribution < -0.4 is 10.5 Å². The first-order valence-corrected chi connectivity index (χ1v) is 8.68. The Balaban J connectivity index is 0.00000243. The average Bonchev–Trinajstić information content (AvgIpc) is 3.15. The first-order valence-electron chi connectivity index (χ1n) is 8.68. The number of amides is 1. The van der Waals surface area contributed by atoms with Crippen molar-refractivity contribution in [3.8, 4) is 17.1 Å². The van der Waals surface area contributed by atoms with E-state index in [0.29, 0.717) is 31.1 Å². The van der Waals surface area contributed by atoms with E-state index in [9.17, 15) is 4.79 Å². The van der Waals surface area contributed by atoms with E-state index in [1.54, 1.807) is 7.11 Å². The predicted molar refractivity (Wildman–Crippen MR) is 100 cm³/mol. The summed E-state index contributed by atoms with van der Waals surface area (Å²) in [4.78, 5) is 18.7. The number of ether oxygens (including phenoxy) is 1. The molecule has 1 aliphatic rings. The molecule has 1 aliphatic heterocycles. The molecule has 26 heavy (non-hydrogen) atoms. The van der Waals surface area contributed by atoms with Crippen LogP contribution >= 0.6 is 12.4 Å². The van der Waals surface area contributed by atoms with Crippen molar-refractivity contribution >= 4 is 18.3 Å². The lowest BCUT2D eigenvalue weighted by Gasteiger charge is -2.35. The molecule has 1 amide bonds. The van der Waals surface area contributed by atoms with Crippen molar-refractivity contribution in [2.75, 3.05) is 20.2 Å². The Morgan fingerprint density at radius 2 is 2.12 bits per heavy atom. The maximum Gasteiger partial charge on any atom is 0.227 e. The SMILES string of the molecule is COc1ccc(-c2noc(CCC(=O)N3CCCCC3CN)n2)cc1.Cl. The molecule has 0 bridgehead atoms. The Morgan fingerprint density at radius 3 is 2.81 bits per heavy atom. The number of halogens is 1. The third kappa shape index (κ3) is 4.74. The number of likely N-dealkylation sites (tertiary alicyclic amines) is 1.